The third-order valence-electron chi connectivity index (χ3n) is 3.20. The van der Waals surface area contributed by atoms with Crippen LogP contribution >= 0.6 is 11.3 Å². The van der Waals surface area contributed by atoms with Crippen molar-refractivity contribution in [2.45, 2.75) is 45.1 Å². The Hall–Kier alpha value is -0.870. The molecule has 1 amide bonds. The van der Waals surface area contributed by atoms with E-state index in [-0.39, 0.29) is 11.9 Å². The number of fused-ring (bicyclic) bond motifs is 1. The number of hydrogen-bond donors (Lipinski definition) is 2. The van der Waals surface area contributed by atoms with Crippen LogP contribution in [-0.4, -0.2) is 18.5 Å². The summed E-state index contributed by atoms with van der Waals surface area (Å²) in [5.74, 6) is 0.0287. The zero-order valence-electron chi connectivity index (χ0n) is 10.3. The van der Waals surface area contributed by atoms with Crippen LogP contribution in [0.2, 0.25) is 0 Å². The quantitative estimate of drug-likeness (QED) is 0.809. The second-order valence-electron chi connectivity index (χ2n) is 4.73. The highest BCUT2D eigenvalue weighted by Gasteiger charge is 2.17. The smallest absolute Gasteiger partial charge is 0.261 e. The van der Waals surface area contributed by atoms with Crippen molar-refractivity contribution in [3.63, 3.8) is 0 Å². The first-order chi connectivity index (χ1) is 8.20. The molecule has 17 heavy (non-hydrogen) atoms. The van der Waals surface area contributed by atoms with Crippen molar-refractivity contribution in [2.75, 3.05) is 6.54 Å². The Morgan fingerprint density at radius 1 is 1.47 bits per heavy atom. The highest BCUT2D eigenvalue weighted by Crippen LogP contribution is 2.28. The minimum Gasteiger partial charge on any atom is -0.348 e. The molecular weight excluding hydrogens is 232 g/mol. The zero-order chi connectivity index (χ0) is 12.3. The van der Waals surface area contributed by atoms with Crippen LogP contribution in [0.25, 0.3) is 0 Å². The lowest BCUT2D eigenvalue weighted by Gasteiger charge is -2.09. The number of amides is 1. The molecule has 0 bridgehead atoms. The standard InChI is InChI=1S/C13H20N2OS/c1-9(8-14)15-13(16)12-7-10-5-3-2-4-6-11(10)17-12/h7,9H,2-6,8,14H2,1H3,(H,15,16)/t9-/m1/s1. The summed E-state index contributed by atoms with van der Waals surface area (Å²) in [4.78, 5) is 14.2. The molecule has 0 fully saturated rings. The fourth-order valence-electron chi connectivity index (χ4n) is 2.13. The molecule has 1 aliphatic carbocycles. The number of carbonyl (C=O) groups excluding carboxylic acids is 1. The van der Waals surface area contributed by atoms with Gasteiger partial charge in [0.05, 0.1) is 4.88 Å². The number of carbonyl (C=O) groups is 1. The third kappa shape index (κ3) is 3.07. The number of rotatable bonds is 3. The first-order valence-corrected chi connectivity index (χ1v) is 7.15. The Morgan fingerprint density at radius 3 is 3.00 bits per heavy atom. The Kier molecular flexibility index (Phi) is 4.18. The first-order valence-electron chi connectivity index (χ1n) is 6.33. The predicted octanol–water partition coefficient (Wildman–Crippen LogP) is 2.09. The summed E-state index contributed by atoms with van der Waals surface area (Å²) < 4.78 is 0. The predicted molar refractivity (Wildman–Crippen MR) is 71.6 cm³/mol. The molecule has 3 N–H and O–H groups in total. The van der Waals surface area contributed by atoms with E-state index in [4.69, 9.17) is 5.73 Å². The maximum atomic E-state index is 12.0. The van der Waals surface area contributed by atoms with Gasteiger partial charge in [0, 0.05) is 17.5 Å². The van der Waals surface area contributed by atoms with Crippen LogP contribution in [0.5, 0.6) is 0 Å². The van der Waals surface area contributed by atoms with E-state index in [0.29, 0.717) is 6.54 Å². The van der Waals surface area contributed by atoms with Crippen molar-refractivity contribution in [2.24, 2.45) is 5.73 Å². The summed E-state index contributed by atoms with van der Waals surface area (Å²) in [6, 6.07) is 2.12. The average molecular weight is 252 g/mol. The van der Waals surface area contributed by atoms with Gasteiger partial charge >= 0.3 is 0 Å². The van der Waals surface area contributed by atoms with Crippen molar-refractivity contribution in [1.82, 2.24) is 5.32 Å². The van der Waals surface area contributed by atoms with Gasteiger partial charge in [-0.3, -0.25) is 4.79 Å². The van der Waals surface area contributed by atoms with Gasteiger partial charge in [-0.25, -0.2) is 0 Å². The number of hydrogen-bond acceptors (Lipinski definition) is 3. The van der Waals surface area contributed by atoms with Crippen LogP contribution in [0.4, 0.5) is 0 Å². The normalized spacial score (nSPS) is 17.1. The molecule has 0 aromatic carbocycles. The summed E-state index contributed by atoms with van der Waals surface area (Å²) in [5, 5.41) is 2.92. The van der Waals surface area contributed by atoms with Crippen molar-refractivity contribution < 1.29 is 4.79 Å². The van der Waals surface area contributed by atoms with Gasteiger partial charge in [0.15, 0.2) is 0 Å². The molecule has 0 radical (unpaired) electrons. The highest BCUT2D eigenvalue weighted by atomic mass is 32.1. The van der Waals surface area contributed by atoms with Gasteiger partial charge in [-0.15, -0.1) is 11.3 Å². The van der Waals surface area contributed by atoms with E-state index in [0.717, 1.165) is 17.7 Å². The number of nitrogens with two attached hydrogens (primary N) is 1. The van der Waals surface area contributed by atoms with Gasteiger partial charge in [-0.05, 0) is 44.2 Å². The Morgan fingerprint density at radius 2 is 2.24 bits per heavy atom. The van der Waals surface area contributed by atoms with Crippen LogP contribution < -0.4 is 11.1 Å². The number of nitrogens with one attached hydrogen (secondary N) is 1. The van der Waals surface area contributed by atoms with Gasteiger partial charge < -0.3 is 11.1 Å². The van der Waals surface area contributed by atoms with Crippen molar-refractivity contribution in [1.29, 1.82) is 0 Å². The molecule has 1 aliphatic rings. The van der Waals surface area contributed by atoms with Gasteiger partial charge in [0.2, 0.25) is 0 Å². The molecule has 4 heteroatoms. The van der Waals surface area contributed by atoms with E-state index in [9.17, 15) is 4.79 Å². The van der Waals surface area contributed by atoms with E-state index in [2.05, 4.69) is 11.4 Å². The Balaban J connectivity index is 2.09. The Bertz CT molecular complexity index is 377. The lowest BCUT2D eigenvalue weighted by atomic mass is 10.1. The fraction of sp³-hybridized carbons (Fsp3) is 0.615. The molecule has 1 heterocycles. The molecule has 0 spiro atoms. The lowest BCUT2D eigenvalue weighted by Crippen LogP contribution is -2.37. The number of thiophene rings is 1. The first kappa shape index (κ1) is 12.6. The number of aryl methyl sites for hydroxylation is 2. The molecule has 94 valence electrons. The summed E-state index contributed by atoms with van der Waals surface area (Å²) >= 11 is 1.66. The molecule has 1 aromatic rings. The van der Waals surface area contributed by atoms with Crippen LogP contribution in [0.1, 0.15) is 46.3 Å². The Labute approximate surface area is 106 Å². The SMILES string of the molecule is C[C@H](CN)NC(=O)c1cc2c(s1)CCCCC2. The monoisotopic (exact) mass is 252 g/mol. The largest absolute Gasteiger partial charge is 0.348 e. The third-order valence-corrected chi connectivity index (χ3v) is 4.44. The van der Waals surface area contributed by atoms with E-state index in [1.807, 2.05) is 6.92 Å². The van der Waals surface area contributed by atoms with Crippen LogP contribution in [-0.2, 0) is 12.8 Å². The minimum atomic E-state index is 0.0287. The second-order valence-corrected chi connectivity index (χ2v) is 5.87. The molecule has 0 aliphatic heterocycles. The molecule has 2 rings (SSSR count). The molecule has 1 atom stereocenters. The van der Waals surface area contributed by atoms with Crippen LogP contribution in [0, 0.1) is 0 Å². The highest BCUT2D eigenvalue weighted by molar-refractivity contribution is 7.14. The van der Waals surface area contributed by atoms with Gasteiger partial charge in [0.1, 0.15) is 0 Å². The molecule has 0 unspecified atom stereocenters. The van der Waals surface area contributed by atoms with Gasteiger partial charge in [-0.1, -0.05) is 6.42 Å². The van der Waals surface area contributed by atoms with Crippen molar-refractivity contribution in [3.8, 4) is 0 Å². The fourth-order valence-corrected chi connectivity index (χ4v) is 3.29. The molecular formula is C13H20N2OS. The summed E-state index contributed by atoms with van der Waals surface area (Å²) in [6.45, 7) is 2.41. The van der Waals surface area contributed by atoms with Crippen molar-refractivity contribution in [3.05, 3.63) is 21.4 Å². The molecule has 0 saturated heterocycles. The molecule has 0 saturated carbocycles. The van der Waals surface area contributed by atoms with E-state index in [1.165, 1.54) is 29.7 Å². The summed E-state index contributed by atoms with van der Waals surface area (Å²) in [7, 11) is 0. The second kappa shape index (κ2) is 5.65. The minimum absolute atomic E-state index is 0.0287. The van der Waals surface area contributed by atoms with E-state index < -0.39 is 0 Å². The summed E-state index contributed by atoms with van der Waals surface area (Å²) in [5.41, 5.74) is 6.89. The summed E-state index contributed by atoms with van der Waals surface area (Å²) in [6.07, 6.45) is 6.09. The lowest BCUT2D eigenvalue weighted by molar-refractivity contribution is 0.0945. The van der Waals surface area contributed by atoms with Crippen molar-refractivity contribution >= 4 is 17.2 Å². The van der Waals surface area contributed by atoms with Crippen LogP contribution in [0.15, 0.2) is 6.07 Å². The van der Waals surface area contributed by atoms with Crippen LogP contribution in [0.3, 0.4) is 0 Å². The maximum absolute atomic E-state index is 12.0. The molecule has 1 aromatic heterocycles. The zero-order valence-corrected chi connectivity index (χ0v) is 11.1. The van der Waals surface area contributed by atoms with E-state index in [1.54, 1.807) is 11.3 Å². The average Bonchev–Trinajstić information content (AvgIpc) is 2.61. The molecule has 3 nitrogen and oxygen atoms in total. The maximum Gasteiger partial charge on any atom is 0.261 e. The topological polar surface area (TPSA) is 55.1 Å². The van der Waals surface area contributed by atoms with Gasteiger partial charge in [0.25, 0.3) is 5.91 Å². The van der Waals surface area contributed by atoms with E-state index >= 15 is 0 Å². The van der Waals surface area contributed by atoms with Gasteiger partial charge in [-0.2, -0.15) is 0 Å².